The van der Waals surface area contributed by atoms with Crippen molar-refractivity contribution in [2.75, 3.05) is 44.8 Å². The predicted molar refractivity (Wildman–Crippen MR) is 202 cm³/mol. The Morgan fingerprint density at radius 3 is 2.35 bits per heavy atom. The Bertz CT molecular complexity index is 1350. The number of nitrogens with two attached hydrogens (primary N) is 3. The number of allylic oxidation sites excluding steroid dienone is 4. The summed E-state index contributed by atoms with van der Waals surface area (Å²) in [6, 6.07) is 9.94. The van der Waals surface area contributed by atoms with Crippen molar-refractivity contribution >= 4 is 23.6 Å². The third-order valence-electron chi connectivity index (χ3n) is 8.28. The molecule has 0 bridgehead atoms. The van der Waals surface area contributed by atoms with E-state index in [1.54, 1.807) is 11.0 Å². The van der Waals surface area contributed by atoms with E-state index in [1.807, 2.05) is 49.4 Å². The minimum absolute atomic E-state index is 0.203. The highest BCUT2D eigenvalue weighted by Gasteiger charge is 2.40. The molecule has 1 fully saturated rings. The monoisotopic (exact) mass is 674 g/mol. The van der Waals surface area contributed by atoms with Gasteiger partial charge in [0.15, 0.2) is 11.9 Å². The summed E-state index contributed by atoms with van der Waals surface area (Å²) < 4.78 is 6.29. The maximum absolute atomic E-state index is 12.7. The number of fused-ring (bicyclic) bond motifs is 1. The van der Waals surface area contributed by atoms with Gasteiger partial charge in [-0.15, -0.1) is 5.12 Å². The van der Waals surface area contributed by atoms with Crippen molar-refractivity contribution in [1.29, 1.82) is 0 Å². The quantitative estimate of drug-likeness (QED) is 0.0296. The Hall–Kier alpha value is -4.71. The fourth-order valence-electron chi connectivity index (χ4n) is 5.67. The molecule has 0 spiro atoms. The van der Waals surface area contributed by atoms with Gasteiger partial charge >= 0.3 is 6.03 Å². The topological polar surface area (TPSA) is 154 Å². The Balaban J connectivity index is 1.34. The molecule has 1 aromatic rings. The van der Waals surface area contributed by atoms with Crippen LogP contribution in [0, 0.1) is 0 Å². The summed E-state index contributed by atoms with van der Waals surface area (Å²) in [7, 11) is 2.05. The number of hydrogen-bond donors (Lipinski definition) is 4. The fourth-order valence-corrected chi connectivity index (χ4v) is 5.67. The van der Waals surface area contributed by atoms with Crippen molar-refractivity contribution in [3.05, 3.63) is 90.6 Å². The third-order valence-corrected chi connectivity index (χ3v) is 8.28. The average molecular weight is 675 g/mol. The zero-order valence-corrected chi connectivity index (χ0v) is 29.6. The number of hydrazine groups is 2. The molecule has 12 nitrogen and oxygen atoms in total. The lowest BCUT2D eigenvalue weighted by Gasteiger charge is -2.41. The number of urea groups is 1. The normalized spacial score (nSPS) is 15.6. The number of carbonyl (C=O) groups excluding carboxylic acids is 1. The molecule has 7 N–H and O–H groups in total. The van der Waals surface area contributed by atoms with Crippen LogP contribution in [0.3, 0.4) is 0 Å². The molecule has 2 amide bonds. The first kappa shape index (κ1) is 38.7. The lowest BCUT2D eigenvalue weighted by Crippen LogP contribution is -2.46. The van der Waals surface area contributed by atoms with Gasteiger partial charge in [-0.1, -0.05) is 87.6 Å². The molecule has 3 rings (SSSR count). The zero-order valence-electron chi connectivity index (χ0n) is 29.6. The van der Waals surface area contributed by atoms with Crippen molar-refractivity contribution in [3.63, 3.8) is 0 Å². The number of anilines is 1. The maximum Gasteiger partial charge on any atom is 0.346 e. The summed E-state index contributed by atoms with van der Waals surface area (Å²) in [5, 5.41) is 9.59. The maximum atomic E-state index is 12.7. The second-order valence-corrected chi connectivity index (χ2v) is 12.1. The zero-order chi connectivity index (χ0) is 35.3. The van der Waals surface area contributed by atoms with E-state index in [0.717, 1.165) is 94.3 Å². The molecule has 2 aliphatic rings. The highest BCUT2D eigenvalue weighted by atomic mass is 16.5. The van der Waals surface area contributed by atoms with Gasteiger partial charge in [0.25, 0.3) is 0 Å². The van der Waals surface area contributed by atoms with E-state index in [-0.39, 0.29) is 12.0 Å². The number of carbonyl (C=O) groups is 1. The van der Waals surface area contributed by atoms with E-state index in [1.165, 1.54) is 5.70 Å². The first-order valence-electron chi connectivity index (χ1n) is 17.6. The lowest BCUT2D eigenvalue weighted by atomic mass is 10.1. The van der Waals surface area contributed by atoms with Gasteiger partial charge < -0.3 is 32.2 Å². The molecule has 0 radical (unpaired) electrons. The third kappa shape index (κ3) is 13.4. The highest BCUT2D eigenvalue weighted by molar-refractivity contribution is 5.90. The molecule has 0 unspecified atom stereocenters. The first-order valence-corrected chi connectivity index (χ1v) is 17.6. The number of aliphatic imine (C=N–C) groups is 2. The highest BCUT2D eigenvalue weighted by Crippen LogP contribution is 2.43. The van der Waals surface area contributed by atoms with Crippen LogP contribution in [0.5, 0.6) is 0 Å². The Morgan fingerprint density at radius 1 is 1.00 bits per heavy atom. The van der Waals surface area contributed by atoms with Crippen LogP contribution < -0.4 is 27.5 Å². The smallest absolute Gasteiger partial charge is 0.346 e. The molecule has 0 atom stereocenters. The van der Waals surface area contributed by atoms with E-state index in [9.17, 15) is 4.79 Å². The average Bonchev–Trinajstić information content (AvgIpc) is 3.33. The molecule has 12 heteroatoms. The minimum Gasteiger partial charge on any atom is -0.492 e. The number of amides is 2. The summed E-state index contributed by atoms with van der Waals surface area (Å²) in [5.41, 5.74) is 20.3. The molecule has 49 heavy (non-hydrogen) atoms. The number of nitrogens with one attached hydrogen (secondary N) is 1. The molecular weight excluding hydrogens is 616 g/mol. The Kier molecular flexibility index (Phi) is 17.4. The van der Waals surface area contributed by atoms with Crippen LogP contribution in [0.4, 0.5) is 10.5 Å². The van der Waals surface area contributed by atoms with Gasteiger partial charge in [-0.3, -0.25) is 10.0 Å². The van der Waals surface area contributed by atoms with Crippen LogP contribution >= 0.6 is 0 Å². The summed E-state index contributed by atoms with van der Waals surface area (Å²) >= 11 is 0. The van der Waals surface area contributed by atoms with Gasteiger partial charge in [-0.25, -0.2) is 9.79 Å². The van der Waals surface area contributed by atoms with Crippen LogP contribution in [0.25, 0.3) is 0 Å². The summed E-state index contributed by atoms with van der Waals surface area (Å²) in [4.78, 5) is 22.4. The van der Waals surface area contributed by atoms with E-state index in [2.05, 4.69) is 62.4 Å². The standard InChI is InChI=1S/C37H58N10O2/c1-4-6-23-34(33-29-32-30-46(44(3)47(32)33)31-21-15-14-16-22-31)49-28-20-13-12-19-27-45(37(48)43-35(38)39)26-18-11-9-8-10-17-25-42-36(40)41-24-7-5-2/h4-7,14-16,21-23,30H,1,8-13,17-20,24-29H2,2-3H3,(H3,40,41,42)(H4,38,39,43,48)/b7-5+,23-6-,34-33+. The number of ether oxygens (including phenoxy) is 1. The lowest BCUT2D eigenvalue weighted by molar-refractivity contribution is 0.0473. The number of hydrogen-bond acceptors (Lipinski definition) is 6. The summed E-state index contributed by atoms with van der Waals surface area (Å²) in [6.45, 7) is 9.11. The minimum atomic E-state index is -0.361. The van der Waals surface area contributed by atoms with Crippen molar-refractivity contribution in [2.45, 2.75) is 77.6 Å². The van der Waals surface area contributed by atoms with Crippen LogP contribution in [0.1, 0.15) is 77.6 Å². The van der Waals surface area contributed by atoms with E-state index >= 15 is 0 Å². The Labute approximate surface area is 293 Å². The van der Waals surface area contributed by atoms with Crippen LogP contribution in [0.2, 0.25) is 0 Å². The van der Waals surface area contributed by atoms with Crippen molar-refractivity contribution in [3.8, 4) is 0 Å². The number of benzene rings is 1. The van der Waals surface area contributed by atoms with E-state index in [4.69, 9.17) is 21.9 Å². The van der Waals surface area contributed by atoms with Gasteiger partial charge in [0, 0.05) is 39.3 Å². The van der Waals surface area contributed by atoms with Gasteiger partial charge in [0.2, 0.25) is 0 Å². The molecule has 0 aliphatic carbocycles. The predicted octanol–water partition coefficient (Wildman–Crippen LogP) is 5.86. The number of nitrogens with zero attached hydrogens (tertiary/aromatic N) is 6. The van der Waals surface area contributed by atoms with Crippen LogP contribution in [0.15, 0.2) is 101 Å². The molecule has 0 aromatic heterocycles. The van der Waals surface area contributed by atoms with Crippen LogP contribution in [-0.2, 0) is 4.74 Å². The number of para-hydroxylation sites is 1. The second-order valence-electron chi connectivity index (χ2n) is 12.1. The van der Waals surface area contributed by atoms with Gasteiger partial charge in [-0.2, -0.15) is 4.99 Å². The molecule has 1 aromatic carbocycles. The number of guanidine groups is 2. The largest absolute Gasteiger partial charge is 0.492 e. The molecular formula is C37H58N10O2. The van der Waals surface area contributed by atoms with Crippen molar-refractivity contribution < 1.29 is 9.53 Å². The molecule has 268 valence electrons. The SMILES string of the molecule is C=C/C=C\C(OCCCCCCN(CCCCCCCCNC(N)=NC/C=C/C)C(=O)N=C(N)N)=C1\CC2=CN(c3ccccc3)N(C)N21. The van der Waals surface area contributed by atoms with Crippen LogP contribution in [-0.4, -0.2) is 72.8 Å². The molecule has 0 saturated carbocycles. The number of rotatable bonds is 22. The van der Waals surface area contributed by atoms with E-state index in [0.29, 0.717) is 32.2 Å². The molecule has 2 aliphatic heterocycles. The van der Waals surface area contributed by atoms with Crippen molar-refractivity contribution in [1.82, 2.24) is 20.3 Å². The number of unbranched alkanes of at least 4 members (excludes halogenated alkanes) is 8. The summed E-state index contributed by atoms with van der Waals surface area (Å²) in [5.74, 6) is 1.15. The van der Waals surface area contributed by atoms with Gasteiger partial charge in [0.05, 0.1) is 30.2 Å². The Morgan fingerprint density at radius 2 is 1.67 bits per heavy atom. The fraction of sp³-hybridized carbons (Fsp3) is 0.486. The molecule has 2 heterocycles. The van der Waals surface area contributed by atoms with Gasteiger partial charge in [0.1, 0.15) is 5.76 Å². The first-order chi connectivity index (χ1) is 23.8. The van der Waals surface area contributed by atoms with Crippen molar-refractivity contribution in [2.24, 2.45) is 27.2 Å². The van der Waals surface area contributed by atoms with E-state index < -0.39 is 0 Å². The summed E-state index contributed by atoms with van der Waals surface area (Å²) in [6.07, 6.45) is 22.8. The van der Waals surface area contributed by atoms with Gasteiger partial charge in [-0.05, 0) is 50.8 Å². The molecule has 1 saturated heterocycles. The second kappa shape index (κ2) is 22.0.